The first-order valence-electron chi connectivity index (χ1n) is 36.1. The van der Waals surface area contributed by atoms with Crippen molar-refractivity contribution in [1.82, 2.24) is 0 Å². The SMILES string of the molecule is CCCCCCCCCCCCCCCCCCCCCCCCCCCCCCCCCCCCCCCCCCC(=O)OC(CO)COC(=O)CCCCCCCCCCCCCCCCCCCCCCCCC. The number of unbranched alkanes of at least 4 members (excludes halogenated alkanes) is 61. The number of aliphatic hydroxyl groups excluding tert-OH is 1. The van der Waals surface area contributed by atoms with Gasteiger partial charge in [-0.25, -0.2) is 0 Å². The molecule has 0 aliphatic carbocycles. The number of carbonyl (C=O) groups is 2. The van der Waals surface area contributed by atoms with E-state index in [9.17, 15) is 14.7 Å². The highest BCUT2D eigenvalue weighted by Gasteiger charge is 2.16. The molecule has 1 N–H and O–H groups in total. The van der Waals surface area contributed by atoms with Crippen LogP contribution in [0.1, 0.15) is 431 Å². The van der Waals surface area contributed by atoms with E-state index in [4.69, 9.17) is 9.47 Å². The van der Waals surface area contributed by atoms with E-state index in [0.29, 0.717) is 12.8 Å². The van der Waals surface area contributed by atoms with E-state index in [1.54, 1.807) is 0 Å². The Bertz CT molecular complexity index is 1090. The van der Waals surface area contributed by atoms with Gasteiger partial charge in [0, 0.05) is 12.8 Å². The quantitative estimate of drug-likeness (QED) is 0.0485. The van der Waals surface area contributed by atoms with Crippen LogP contribution in [-0.4, -0.2) is 36.4 Å². The van der Waals surface area contributed by atoms with Crippen LogP contribution in [0.4, 0.5) is 0 Å². The summed E-state index contributed by atoms with van der Waals surface area (Å²) in [6.07, 6.45) is 87.4. The molecule has 77 heavy (non-hydrogen) atoms. The number of hydrogen-bond acceptors (Lipinski definition) is 5. The summed E-state index contributed by atoms with van der Waals surface area (Å²) in [4.78, 5) is 24.6. The average molecular weight is 1090 g/mol. The lowest BCUT2D eigenvalue weighted by atomic mass is 10.0. The molecule has 0 fully saturated rings. The molecular formula is C72H142O5. The minimum Gasteiger partial charge on any atom is -0.462 e. The molecule has 0 aliphatic heterocycles. The maximum absolute atomic E-state index is 12.4. The Balaban J connectivity index is 3.32. The van der Waals surface area contributed by atoms with Gasteiger partial charge in [0.25, 0.3) is 0 Å². The fourth-order valence-electron chi connectivity index (χ4n) is 11.7. The molecule has 1 atom stereocenters. The molecule has 0 heterocycles. The Labute approximate surface area is 484 Å². The predicted molar refractivity (Wildman–Crippen MR) is 339 cm³/mol. The van der Waals surface area contributed by atoms with Crippen molar-refractivity contribution < 1.29 is 24.2 Å². The van der Waals surface area contributed by atoms with Crippen LogP contribution in [0.2, 0.25) is 0 Å². The standard InChI is InChI=1S/C72H142O5/c1-3-5-7-9-11-13-15-17-19-21-23-25-27-28-29-30-31-32-33-34-35-36-37-38-39-40-41-42-43-45-47-49-51-53-55-57-59-61-63-65-67-72(75)77-70(68-73)69-76-71(74)66-64-62-60-58-56-54-52-50-48-46-44-26-24-22-20-18-16-14-12-10-8-6-4-2/h70,73H,3-69H2,1-2H3. The molecular weight excluding hydrogens is 945 g/mol. The molecule has 0 radical (unpaired) electrons. The predicted octanol–water partition coefficient (Wildman–Crippen LogP) is 24.8. The van der Waals surface area contributed by atoms with Crippen molar-refractivity contribution in [2.24, 2.45) is 0 Å². The van der Waals surface area contributed by atoms with Crippen LogP contribution in [-0.2, 0) is 19.1 Å². The van der Waals surface area contributed by atoms with E-state index >= 15 is 0 Å². The molecule has 5 heteroatoms. The summed E-state index contributed by atoms with van der Waals surface area (Å²) in [5.41, 5.74) is 0. The number of rotatable bonds is 69. The Kier molecular flexibility index (Phi) is 68.2. The zero-order valence-corrected chi connectivity index (χ0v) is 53.0. The molecule has 460 valence electrons. The summed E-state index contributed by atoms with van der Waals surface area (Å²) in [5.74, 6) is -0.559. The highest BCUT2D eigenvalue weighted by Crippen LogP contribution is 2.20. The minimum absolute atomic E-state index is 0.0554. The van der Waals surface area contributed by atoms with Crippen molar-refractivity contribution in [2.45, 2.75) is 437 Å². The van der Waals surface area contributed by atoms with Crippen LogP contribution in [0.15, 0.2) is 0 Å². The fourth-order valence-corrected chi connectivity index (χ4v) is 11.7. The number of ether oxygens (including phenoxy) is 2. The summed E-state index contributed by atoms with van der Waals surface area (Å²) >= 11 is 0. The molecule has 0 aromatic rings. The maximum atomic E-state index is 12.4. The number of aliphatic hydroxyl groups is 1. The molecule has 0 bridgehead atoms. The molecule has 0 aliphatic rings. The van der Waals surface area contributed by atoms with Gasteiger partial charge in [0.2, 0.25) is 0 Å². The summed E-state index contributed by atoms with van der Waals surface area (Å²) < 4.78 is 10.8. The maximum Gasteiger partial charge on any atom is 0.306 e. The molecule has 5 nitrogen and oxygen atoms in total. The lowest BCUT2D eigenvalue weighted by Crippen LogP contribution is -2.28. The van der Waals surface area contributed by atoms with Crippen molar-refractivity contribution in [1.29, 1.82) is 0 Å². The molecule has 1 unspecified atom stereocenters. The third-order valence-corrected chi connectivity index (χ3v) is 17.2. The van der Waals surface area contributed by atoms with Gasteiger partial charge in [-0.05, 0) is 12.8 Å². The molecule has 0 rings (SSSR count). The second-order valence-corrected chi connectivity index (χ2v) is 25.0. The molecule has 0 spiro atoms. The van der Waals surface area contributed by atoms with Gasteiger partial charge >= 0.3 is 11.9 Å². The van der Waals surface area contributed by atoms with E-state index in [1.807, 2.05) is 0 Å². The Morgan fingerprint density at radius 2 is 0.403 bits per heavy atom. The van der Waals surface area contributed by atoms with Crippen molar-refractivity contribution in [3.8, 4) is 0 Å². The van der Waals surface area contributed by atoms with Crippen LogP contribution in [0.25, 0.3) is 0 Å². The van der Waals surface area contributed by atoms with Gasteiger partial charge in [-0.2, -0.15) is 0 Å². The minimum atomic E-state index is -0.765. The summed E-state index contributed by atoms with van der Waals surface area (Å²) in [5, 5.41) is 9.70. The molecule has 0 aromatic heterocycles. The third kappa shape index (κ3) is 67.3. The van der Waals surface area contributed by atoms with Crippen LogP contribution in [0.3, 0.4) is 0 Å². The average Bonchev–Trinajstić information content (AvgIpc) is 3.43. The first-order chi connectivity index (χ1) is 38.1. The normalized spacial score (nSPS) is 12.0. The van der Waals surface area contributed by atoms with Crippen LogP contribution in [0, 0.1) is 0 Å². The van der Waals surface area contributed by atoms with Crippen molar-refractivity contribution in [2.75, 3.05) is 13.2 Å². The van der Waals surface area contributed by atoms with Gasteiger partial charge in [0.05, 0.1) is 6.61 Å². The topological polar surface area (TPSA) is 72.8 Å². The first kappa shape index (κ1) is 75.9. The lowest BCUT2D eigenvalue weighted by molar-refractivity contribution is -0.161. The van der Waals surface area contributed by atoms with Crippen molar-refractivity contribution >= 4 is 11.9 Å². The largest absolute Gasteiger partial charge is 0.462 e. The number of carbonyl (C=O) groups excluding carboxylic acids is 2. The van der Waals surface area contributed by atoms with E-state index in [-0.39, 0.29) is 25.2 Å². The van der Waals surface area contributed by atoms with Gasteiger partial charge in [-0.3, -0.25) is 9.59 Å². The zero-order valence-electron chi connectivity index (χ0n) is 53.0. The van der Waals surface area contributed by atoms with Crippen molar-refractivity contribution in [3.05, 3.63) is 0 Å². The van der Waals surface area contributed by atoms with E-state index in [0.717, 1.165) is 32.1 Å². The highest BCUT2D eigenvalue weighted by molar-refractivity contribution is 5.70. The van der Waals surface area contributed by atoms with Gasteiger partial charge in [-0.15, -0.1) is 0 Å². The van der Waals surface area contributed by atoms with E-state index < -0.39 is 6.10 Å². The first-order valence-corrected chi connectivity index (χ1v) is 36.1. The molecule has 0 amide bonds. The van der Waals surface area contributed by atoms with Gasteiger partial charge in [0.1, 0.15) is 6.61 Å². The van der Waals surface area contributed by atoms with Gasteiger partial charge < -0.3 is 14.6 Å². The van der Waals surface area contributed by atoms with Gasteiger partial charge in [-0.1, -0.05) is 406 Å². The Morgan fingerprint density at radius 3 is 0.571 bits per heavy atom. The van der Waals surface area contributed by atoms with Crippen LogP contribution >= 0.6 is 0 Å². The number of esters is 2. The summed E-state index contributed by atoms with van der Waals surface area (Å²) in [6, 6.07) is 0. The Morgan fingerprint density at radius 1 is 0.247 bits per heavy atom. The zero-order chi connectivity index (χ0) is 55.5. The molecule has 0 saturated carbocycles. The highest BCUT2D eigenvalue weighted by atomic mass is 16.6. The second-order valence-electron chi connectivity index (χ2n) is 25.0. The monoisotopic (exact) mass is 1090 g/mol. The van der Waals surface area contributed by atoms with Crippen molar-refractivity contribution in [3.63, 3.8) is 0 Å². The Hall–Kier alpha value is -1.10. The second kappa shape index (κ2) is 69.2. The van der Waals surface area contributed by atoms with E-state index in [1.165, 1.54) is 372 Å². The molecule has 0 saturated heterocycles. The summed E-state index contributed by atoms with van der Waals surface area (Å²) in [7, 11) is 0. The van der Waals surface area contributed by atoms with Gasteiger partial charge in [0.15, 0.2) is 6.10 Å². The molecule has 0 aromatic carbocycles. The lowest BCUT2D eigenvalue weighted by Gasteiger charge is -2.15. The fraction of sp³-hybridized carbons (Fsp3) is 0.972. The smallest absolute Gasteiger partial charge is 0.306 e. The van der Waals surface area contributed by atoms with Crippen LogP contribution in [0.5, 0.6) is 0 Å². The van der Waals surface area contributed by atoms with Crippen LogP contribution < -0.4 is 0 Å². The van der Waals surface area contributed by atoms with E-state index in [2.05, 4.69) is 13.8 Å². The summed E-state index contributed by atoms with van der Waals surface area (Å²) in [6.45, 7) is 4.23. The number of hydrogen-bond donors (Lipinski definition) is 1. The third-order valence-electron chi connectivity index (χ3n) is 17.2.